The Labute approximate surface area is 149 Å². The van der Waals surface area contributed by atoms with Crippen LogP contribution in [0.15, 0.2) is 24.3 Å². The molecule has 6 heteroatoms. The number of hydrogen-bond acceptors (Lipinski definition) is 4. The number of benzene rings is 1. The van der Waals surface area contributed by atoms with Crippen molar-refractivity contribution >= 4 is 12.1 Å². The van der Waals surface area contributed by atoms with Gasteiger partial charge in [0, 0.05) is 6.54 Å². The fraction of sp³-hybridized carbons (Fsp3) is 0.579. The minimum atomic E-state index is -1.33. The van der Waals surface area contributed by atoms with Crippen LogP contribution in [0.5, 0.6) is 0 Å². The number of amides is 1. The van der Waals surface area contributed by atoms with Crippen molar-refractivity contribution in [2.24, 2.45) is 0 Å². The number of rotatable bonds is 7. The molecular weight excluding hydrogens is 322 g/mol. The highest BCUT2D eigenvalue weighted by atomic mass is 16.6. The standard InChI is InChI=1S/C19H29NO5/c1-13-8-6-7-9-15(13)19(16(22)23,11-10-14(2)21)12-20-17(24)25-18(3,4)5/h6-9,14,21H,10-12H2,1-5H3,(H,20,24)(H,22,23). The molecule has 140 valence electrons. The number of aliphatic hydroxyl groups excluding tert-OH is 1. The highest BCUT2D eigenvalue weighted by Gasteiger charge is 2.42. The van der Waals surface area contributed by atoms with Gasteiger partial charge in [0.2, 0.25) is 0 Å². The van der Waals surface area contributed by atoms with Crippen molar-refractivity contribution in [2.45, 2.75) is 64.6 Å². The van der Waals surface area contributed by atoms with Crippen LogP contribution in [0.25, 0.3) is 0 Å². The van der Waals surface area contributed by atoms with Crippen molar-refractivity contribution in [3.63, 3.8) is 0 Å². The number of aryl methyl sites for hydroxylation is 1. The average Bonchev–Trinajstić information content (AvgIpc) is 2.46. The SMILES string of the molecule is Cc1ccccc1C(CCC(C)O)(CNC(=O)OC(C)(C)C)C(=O)O. The third-order valence-corrected chi connectivity index (χ3v) is 3.99. The molecule has 0 heterocycles. The van der Waals surface area contributed by atoms with Crippen molar-refractivity contribution in [1.29, 1.82) is 0 Å². The Hall–Kier alpha value is -2.08. The molecule has 0 saturated carbocycles. The van der Waals surface area contributed by atoms with E-state index in [0.29, 0.717) is 12.0 Å². The second kappa shape index (κ2) is 8.34. The maximum Gasteiger partial charge on any atom is 0.407 e. The predicted octanol–water partition coefficient (Wildman–Crippen LogP) is 3.00. The third kappa shape index (κ3) is 6.05. The number of carboxylic acids is 1. The summed E-state index contributed by atoms with van der Waals surface area (Å²) in [6.07, 6.45) is -0.801. The van der Waals surface area contributed by atoms with E-state index in [-0.39, 0.29) is 13.0 Å². The van der Waals surface area contributed by atoms with E-state index < -0.39 is 29.2 Å². The third-order valence-electron chi connectivity index (χ3n) is 3.99. The molecule has 1 aromatic rings. The van der Waals surface area contributed by atoms with Gasteiger partial charge in [-0.25, -0.2) is 4.79 Å². The predicted molar refractivity (Wildman–Crippen MR) is 95.6 cm³/mol. The van der Waals surface area contributed by atoms with E-state index in [1.165, 1.54) is 0 Å². The van der Waals surface area contributed by atoms with Gasteiger partial charge in [0.1, 0.15) is 11.0 Å². The highest BCUT2D eigenvalue weighted by Crippen LogP contribution is 2.32. The molecule has 25 heavy (non-hydrogen) atoms. The molecule has 0 aliphatic carbocycles. The van der Waals surface area contributed by atoms with Gasteiger partial charge in [0.25, 0.3) is 0 Å². The first-order valence-electron chi connectivity index (χ1n) is 8.42. The van der Waals surface area contributed by atoms with Crippen molar-refractivity contribution in [3.8, 4) is 0 Å². The second-order valence-corrected chi connectivity index (χ2v) is 7.45. The number of carboxylic acid groups (broad SMARTS) is 1. The summed E-state index contributed by atoms with van der Waals surface area (Å²) in [5, 5.41) is 22.2. The Morgan fingerprint density at radius 1 is 1.24 bits per heavy atom. The van der Waals surface area contributed by atoms with E-state index in [0.717, 1.165) is 5.56 Å². The summed E-state index contributed by atoms with van der Waals surface area (Å²) in [4.78, 5) is 24.2. The number of hydrogen-bond donors (Lipinski definition) is 3. The Kier molecular flexibility index (Phi) is 6.99. The maximum absolute atomic E-state index is 12.2. The second-order valence-electron chi connectivity index (χ2n) is 7.45. The Balaban J connectivity index is 3.15. The zero-order valence-electron chi connectivity index (χ0n) is 15.6. The minimum Gasteiger partial charge on any atom is -0.481 e. The molecule has 1 aromatic carbocycles. The smallest absolute Gasteiger partial charge is 0.407 e. The molecule has 2 unspecified atom stereocenters. The van der Waals surface area contributed by atoms with Crippen LogP contribution >= 0.6 is 0 Å². The molecule has 0 fully saturated rings. The van der Waals surface area contributed by atoms with Crippen molar-refractivity contribution < 1.29 is 24.5 Å². The molecule has 2 atom stereocenters. The van der Waals surface area contributed by atoms with Crippen molar-refractivity contribution in [1.82, 2.24) is 5.32 Å². The number of alkyl carbamates (subject to hydrolysis) is 1. The van der Waals surface area contributed by atoms with E-state index >= 15 is 0 Å². The number of carbonyl (C=O) groups is 2. The Morgan fingerprint density at radius 2 is 1.84 bits per heavy atom. The van der Waals surface area contributed by atoms with E-state index in [4.69, 9.17) is 4.74 Å². The summed E-state index contributed by atoms with van der Waals surface area (Å²) in [7, 11) is 0. The monoisotopic (exact) mass is 351 g/mol. The molecule has 0 spiro atoms. The first kappa shape index (κ1) is 21.0. The van der Waals surface area contributed by atoms with Gasteiger partial charge in [-0.3, -0.25) is 4.79 Å². The normalized spacial score (nSPS) is 15.1. The quantitative estimate of drug-likeness (QED) is 0.702. The van der Waals surface area contributed by atoms with E-state index in [1.54, 1.807) is 39.8 Å². The fourth-order valence-electron chi connectivity index (χ4n) is 2.72. The van der Waals surface area contributed by atoms with Crippen LogP contribution < -0.4 is 5.32 Å². The molecule has 6 nitrogen and oxygen atoms in total. The summed E-state index contributed by atoms with van der Waals surface area (Å²) in [6, 6.07) is 7.20. The Morgan fingerprint density at radius 3 is 2.32 bits per heavy atom. The van der Waals surface area contributed by atoms with Gasteiger partial charge in [-0.1, -0.05) is 24.3 Å². The lowest BCUT2D eigenvalue weighted by atomic mass is 9.74. The van der Waals surface area contributed by atoms with Crippen LogP contribution in [-0.4, -0.2) is 40.5 Å². The molecule has 0 aliphatic heterocycles. The largest absolute Gasteiger partial charge is 0.481 e. The molecule has 3 N–H and O–H groups in total. The highest BCUT2D eigenvalue weighted by molar-refractivity contribution is 5.83. The van der Waals surface area contributed by atoms with E-state index in [1.807, 2.05) is 19.1 Å². The van der Waals surface area contributed by atoms with Gasteiger partial charge in [-0.15, -0.1) is 0 Å². The molecule has 1 rings (SSSR count). The van der Waals surface area contributed by atoms with Gasteiger partial charge >= 0.3 is 12.1 Å². The zero-order chi connectivity index (χ0) is 19.3. The summed E-state index contributed by atoms with van der Waals surface area (Å²) in [5.41, 5.74) is -0.557. The fourth-order valence-corrected chi connectivity index (χ4v) is 2.72. The molecule has 0 aromatic heterocycles. The topological polar surface area (TPSA) is 95.9 Å². The van der Waals surface area contributed by atoms with Crippen LogP contribution in [0.3, 0.4) is 0 Å². The summed E-state index contributed by atoms with van der Waals surface area (Å²) < 4.78 is 5.21. The van der Waals surface area contributed by atoms with Gasteiger partial charge in [0.15, 0.2) is 0 Å². The number of ether oxygens (including phenoxy) is 1. The molecule has 0 bridgehead atoms. The van der Waals surface area contributed by atoms with Crippen LogP contribution in [0.4, 0.5) is 4.79 Å². The van der Waals surface area contributed by atoms with E-state index in [9.17, 15) is 19.8 Å². The zero-order valence-corrected chi connectivity index (χ0v) is 15.6. The van der Waals surface area contributed by atoms with Crippen molar-refractivity contribution in [2.75, 3.05) is 6.54 Å². The van der Waals surface area contributed by atoms with Gasteiger partial charge in [0.05, 0.1) is 6.10 Å². The summed E-state index contributed by atoms with van der Waals surface area (Å²) in [6.45, 7) is 8.56. The van der Waals surface area contributed by atoms with Gasteiger partial charge in [-0.05, 0) is 58.6 Å². The number of aliphatic carboxylic acids is 1. The van der Waals surface area contributed by atoms with Crippen LogP contribution in [0, 0.1) is 6.92 Å². The van der Waals surface area contributed by atoms with Crippen LogP contribution in [0.2, 0.25) is 0 Å². The minimum absolute atomic E-state index is 0.116. The summed E-state index contributed by atoms with van der Waals surface area (Å²) in [5.74, 6) is -1.04. The first-order chi connectivity index (χ1) is 11.5. The van der Waals surface area contributed by atoms with Crippen LogP contribution in [-0.2, 0) is 14.9 Å². The van der Waals surface area contributed by atoms with Gasteiger partial charge < -0.3 is 20.3 Å². The average molecular weight is 351 g/mol. The first-order valence-corrected chi connectivity index (χ1v) is 8.42. The molecule has 0 saturated heterocycles. The molecule has 1 amide bonds. The van der Waals surface area contributed by atoms with Crippen molar-refractivity contribution in [3.05, 3.63) is 35.4 Å². The molecule has 0 aliphatic rings. The molecule has 0 radical (unpaired) electrons. The number of nitrogens with one attached hydrogen (secondary N) is 1. The number of aliphatic hydroxyl groups is 1. The van der Waals surface area contributed by atoms with E-state index in [2.05, 4.69) is 5.32 Å². The van der Waals surface area contributed by atoms with Gasteiger partial charge in [-0.2, -0.15) is 0 Å². The maximum atomic E-state index is 12.2. The molecular formula is C19H29NO5. The lowest BCUT2D eigenvalue weighted by molar-refractivity contribution is -0.144. The lowest BCUT2D eigenvalue weighted by Gasteiger charge is -2.32. The summed E-state index contributed by atoms with van der Waals surface area (Å²) >= 11 is 0. The Bertz CT molecular complexity index is 606. The lowest BCUT2D eigenvalue weighted by Crippen LogP contribution is -2.48. The van der Waals surface area contributed by atoms with Crippen LogP contribution in [0.1, 0.15) is 51.7 Å². The number of carbonyl (C=O) groups excluding carboxylic acids is 1.